The number of amides is 1. The minimum atomic E-state index is -0.636. The lowest BCUT2D eigenvalue weighted by Crippen LogP contribution is -2.21. The van der Waals surface area contributed by atoms with E-state index in [0.29, 0.717) is 9.90 Å². The van der Waals surface area contributed by atoms with Crippen LogP contribution in [0.1, 0.15) is 27.0 Å². The van der Waals surface area contributed by atoms with Crippen LogP contribution in [0.15, 0.2) is 24.3 Å². The molecule has 1 N–H and O–H groups in total. The van der Waals surface area contributed by atoms with Gasteiger partial charge in [0.2, 0.25) is 0 Å². The highest BCUT2D eigenvalue weighted by Gasteiger charge is 2.15. The van der Waals surface area contributed by atoms with Crippen LogP contribution in [0.5, 0.6) is 0 Å². The van der Waals surface area contributed by atoms with Gasteiger partial charge in [-0.2, -0.15) is 0 Å². The topological polar surface area (TPSA) is 55.4 Å². The van der Waals surface area contributed by atoms with Gasteiger partial charge in [0.15, 0.2) is 6.61 Å². The van der Waals surface area contributed by atoms with E-state index in [9.17, 15) is 14.0 Å². The Hall–Kier alpha value is -1.92. The van der Waals surface area contributed by atoms with Crippen molar-refractivity contribution >= 4 is 40.5 Å². The first kappa shape index (κ1) is 17.4. The van der Waals surface area contributed by atoms with Crippen LogP contribution in [0.3, 0.4) is 0 Å². The predicted octanol–water partition coefficient (Wildman–Crippen LogP) is 4.21. The number of rotatable bonds is 5. The van der Waals surface area contributed by atoms with Crippen molar-refractivity contribution in [1.82, 2.24) is 0 Å². The molecule has 0 aliphatic rings. The maximum atomic E-state index is 13.5. The molecular weight excluding hydrogens is 341 g/mol. The Bertz CT molecular complexity index is 745. The molecular formula is C16H15ClFNO3S. The Labute approximate surface area is 142 Å². The first-order valence-electron chi connectivity index (χ1n) is 6.92. The summed E-state index contributed by atoms with van der Waals surface area (Å²) in [5.41, 5.74) is 0.966. The van der Waals surface area contributed by atoms with E-state index in [4.69, 9.17) is 16.3 Å². The molecule has 1 amide bonds. The molecule has 0 aliphatic heterocycles. The lowest BCUT2D eigenvalue weighted by molar-refractivity contribution is -0.119. The quantitative estimate of drug-likeness (QED) is 0.817. The molecule has 0 unspecified atom stereocenters. The van der Waals surface area contributed by atoms with Gasteiger partial charge in [-0.15, -0.1) is 11.3 Å². The predicted molar refractivity (Wildman–Crippen MR) is 88.8 cm³/mol. The zero-order chi connectivity index (χ0) is 17.0. The number of carbonyl (C=O) groups excluding carboxylic acids is 2. The number of carbonyl (C=O) groups is 2. The van der Waals surface area contributed by atoms with Crippen LogP contribution < -0.4 is 5.32 Å². The van der Waals surface area contributed by atoms with Crippen LogP contribution in [0.2, 0.25) is 5.02 Å². The van der Waals surface area contributed by atoms with Crippen molar-refractivity contribution in [2.45, 2.75) is 20.3 Å². The summed E-state index contributed by atoms with van der Waals surface area (Å²) in [6, 6.07) is 5.54. The number of benzene rings is 1. The van der Waals surface area contributed by atoms with Gasteiger partial charge in [0, 0.05) is 9.90 Å². The van der Waals surface area contributed by atoms with Crippen molar-refractivity contribution in [2.24, 2.45) is 0 Å². The Morgan fingerprint density at radius 1 is 1.35 bits per heavy atom. The maximum Gasteiger partial charge on any atom is 0.348 e. The number of thiophene rings is 1. The van der Waals surface area contributed by atoms with Crippen molar-refractivity contribution in [2.75, 3.05) is 11.9 Å². The molecule has 0 saturated carbocycles. The standard InChI is InChI=1S/C16H15ClFNO3S/c1-3-13-9(2)6-14(23-13)16(21)22-8-15(20)19-12-7-10(17)4-5-11(12)18/h4-7H,3,8H2,1-2H3,(H,19,20). The number of hydrogen-bond donors (Lipinski definition) is 1. The smallest absolute Gasteiger partial charge is 0.348 e. The van der Waals surface area contributed by atoms with Crippen LogP contribution in [0.4, 0.5) is 10.1 Å². The third-order valence-corrected chi connectivity index (χ3v) is 4.68. The number of halogens is 2. The zero-order valence-electron chi connectivity index (χ0n) is 12.6. The largest absolute Gasteiger partial charge is 0.451 e. The lowest BCUT2D eigenvalue weighted by atomic mass is 10.2. The highest BCUT2D eigenvalue weighted by molar-refractivity contribution is 7.14. The van der Waals surface area contributed by atoms with Gasteiger partial charge in [-0.3, -0.25) is 4.79 Å². The summed E-state index contributed by atoms with van der Waals surface area (Å²) in [5, 5.41) is 2.60. The average Bonchev–Trinajstić information content (AvgIpc) is 2.89. The van der Waals surface area contributed by atoms with Gasteiger partial charge in [0.1, 0.15) is 10.7 Å². The van der Waals surface area contributed by atoms with Crippen molar-refractivity contribution in [3.05, 3.63) is 50.4 Å². The lowest BCUT2D eigenvalue weighted by Gasteiger charge is -2.07. The molecule has 0 fully saturated rings. The van der Waals surface area contributed by atoms with Gasteiger partial charge in [0.25, 0.3) is 5.91 Å². The molecule has 4 nitrogen and oxygen atoms in total. The molecule has 1 aromatic carbocycles. The second-order valence-corrected chi connectivity index (χ2v) is 6.39. The zero-order valence-corrected chi connectivity index (χ0v) is 14.2. The van der Waals surface area contributed by atoms with E-state index >= 15 is 0 Å². The molecule has 0 aliphatic carbocycles. The van der Waals surface area contributed by atoms with Gasteiger partial charge >= 0.3 is 5.97 Å². The summed E-state index contributed by atoms with van der Waals surface area (Å²) in [6.45, 7) is 3.42. The van der Waals surface area contributed by atoms with Crippen LogP contribution in [-0.2, 0) is 16.0 Å². The molecule has 0 bridgehead atoms. The van der Waals surface area contributed by atoms with Gasteiger partial charge in [0.05, 0.1) is 5.69 Å². The van der Waals surface area contributed by atoms with Crippen molar-refractivity contribution in [3.63, 3.8) is 0 Å². The Kier molecular flexibility index (Phi) is 5.74. The van der Waals surface area contributed by atoms with E-state index in [1.165, 1.54) is 23.5 Å². The molecule has 0 radical (unpaired) electrons. The molecule has 2 rings (SSSR count). The highest BCUT2D eigenvalue weighted by Crippen LogP contribution is 2.23. The fourth-order valence-electron chi connectivity index (χ4n) is 1.95. The van der Waals surface area contributed by atoms with E-state index in [1.807, 2.05) is 13.8 Å². The molecule has 122 valence electrons. The summed E-state index contributed by atoms with van der Waals surface area (Å²) in [6.07, 6.45) is 0.832. The monoisotopic (exact) mass is 355 g/mol. The van der Waals surface area contributed by atoms with Crippen molar-refractivity contribution in [3.8, 4) is 0 Å². The van der Waals surface area contributed by atoms with Gasteiger partial charge in [-0.25, -0.2) is 9.18 Å². The third-order valence-electron chi connectivity index (χ3n) is 3.08. The number of anilines is 1. The summed E-state index contributed by atoms with van der Waals surface area (Å²) < 4.78 is 18.4. The number of ether oxygens (including phenoxy) is 1. The Balaban J connectivity index is 1.93. The molecule has 7 heteroatoms. The minimum Gasteiger partial charge on any atom is -0.451 e. The second kappa shape index (κ2) is 7.57. The van der Waals surface area contributed by atoms with Gasteiger partial charge in [-0.1, -0.05) is 18.5 Å². The fourth-order valence-corrected chi connectivity index (χ4v) is 3.13. The van der Waals surface area contributed by atoms with E-state index < -0.39 is 24.3 Å². The summed E-state index contributed by atoms with van der Waals surface area (Å²) in [5.74, 6) is -1.82. The molecule has 1 heterocycles. The first-order chi connectivity index (χ1) is 10.9. The average molecular weight is 356 g/mol. The van der Waals surface area contributed by atoms with Crippen molar-refractivity contribution in [1.29, 1.82) is 0 Å². The number of aryl methyl sites for hydroxylation is 2. The fraction of sp³-hybridized carbons (Fsp3) is 0.250. The van der Waals surface area contributed by atoms with E-state index in [2.05, 4.69) is 5.32 Å². The summed E-state index contributed by atoms with van der Waals surface area (Å²) >= 11 is 7.08. The molecule has 0 saturated heterocycles. The minimum absolute atomic E-state index is 0.0567. The normalized spacial score (nSPS) is 10.4. The van der Waals surface area contributed by atoms with Crippen LogP contribution in [-0.4, -0.2) is 18.5 Å². The molecule has 0 spiro atoms. The van der Waals surface area contributed by atoms with Gasteiger partial charge in [-0.05, 0) is 43.2 Å². The van der Waals surface area contributed by atoms with Crippen LogP contribution in [0.25, 0.3) is 0 Å². The Morgan fingerprint density at radius 3 is 2.74 bits per heavy atom. The molecule has 0 atom stereocenters. The first-order valence-corrected chi connectivity index (χ1v) is 8.11. The number of hydrogen-bond acceptors (Lipinski definition) is 4. The molecule has 1 aromatic heterocycles. The summed E-state index contributed by atoms with van der Waals surface area (Å²) in [4.78, 5) is 25.2. The highest BCUT2D eigenvalue weighted by atomic mass is 35.5. The van der Waals surface area contributed by atoms with Crippen molar-refractivity contribution < 1.29 is 18.7 Å². The SMILES string of the molecule is CCc1sc(C(=O)OCC(=O)Nc2cc(Cl)ccc2F)cc1C. The number of nitrogens with one attached hydrogen (secondary N) is 1. The van der Waals surface area contributed by atoms with Crippen LogP contribution >= 0.6 is 22.9 Å². The molecule has 23 heavy (non-hydrogen) atoms. The summed E-state index contributed by atoms with van der Waals surface area (Å²) in [7, 11) is 0. The van der Waals surface area contributed by atoms with Gasteiger partial charge < -0.3 is 10.1 Å². The number of esters is 1. The van der Waals surface area contributed by atoms with E-state index in [-0.39, 0.29) is 5.69 Å². The second-order valence-electron chi connectivity index (χ2n) is 4.82. The third kappa shape index (κ3) is 4.53. The maximum absolute atomic E-state index is 13.5. The van der Waals surface area contributed by atoms with E-state index in [1.54, 1.807) is 6.07 Å². The van der Waals surface area contributed by atoms with E-state index in [0.717, 1.165) is 22.9 Å². The molecule has 2 aromatic rings. The van der Waals surface area contributed by atoms with Crippen LogP contribution in [0, 0.1) is 12.7 Å². The Morgan fingerprint density at radius 2 is 2.09 bits per heavy atom.